The molecule has 0 heterocycles. The van der Waals surface area contributed by atoms with Crippen molar-refractivity contribution in [2.75, 3.05) is 0 Å². The van der Waals surface area contributed by atoms with Gasteiger partial charge in [-0.2, -0.15) is 0 Å². The number of allylic oxidation sites excluding steroid dienone is 1. The van der Waals surface area contributed by atoms with E-state index < -0.39 is 28.5 Å². The van der Waals surface area contributed by atoms with E-state index in [1.165, 1.54) is 13.0 Å². The van der Waals surface area contributed by atoms with Crippen LogP contribution in [0.15, 0.2) is 12.2 Å². The Morgan fingerprint density at radius 1 is 1.25 bits per heavy atom. The second kappa shape index (κ2) is 6.82. The number of carbonyl (C=O) groups is 4. The zero-order valence-electron chi connectivity index (χ0n) is 17.4. The summed E-state index contributed by atoms with van der Waals surface area (Å²) in [5.74, 6) is -1.23. The molecule has 3 saturated carbocycles. The van der Waals surface area contributed by atoms with Crippen molar-refractivity contribution in [2.24, 2.45) is 22.7 Å². The SMILES string of the molecule is CC(=O)OC1C(=O)C2CCC13C=CC(=O)[C@@](C)(CCC(=O)OC(C)(C)C)C3C2. The lowest BCUT2D eigenvalue weighted by Crippen LogP contribution is -2.64. The molecule has 0 aromatic carbocycles. The number of carbonyl (C=O) groups excluding carboxylic acids is 4. The van der Waals surface area contributed by atoms with Gasteiger partial charge in [-0.25, -0.2) is 0 Å². The Balaban J connectivity index is 1.89. The summed E-state index contributed by atoms with van der Waals surface area (Å²) < 4.78 is 10.9. The van der Waals surface area contributed by atoms with Crippen LogP contribution in [-0.4, -0.2) is 35.2 Å². The molecule has 154 valence electrons. The summed E-state index contributed by atoms with van der Waals surface area (Å²) in [7, 11) is 0. The molecule has 0 saturated heterocycles. The maximum atomic E-state index is 12.9. The van der Waals surface area contributed by atoms with Gasteiger partial charge in [0, 0.05) is 30.1 Å². The molecule has 28 heavy (non-hydrogen) atoms. The Morgan fingerprint density at radius 2 is 1.93 bits per heavy atom. The Morgan fingerprint density at radius 3 is 2.54 bits per heavy atom. The minimum atomic E-state index is -0.840. The first-order chi connectivity index (χ1) is 12.9. The van der Waals surface area contributed by atoms with Crippen LogP contribution in [0.5, 0.6) is 0 Å². The lowest BCUT2D eigenvalue weighted by Gasteiger charge is -2.59. The van der Waals surface area contributed by atoms with Crippen LogP contribution >= 0.6 is 0 Å². The molecule has 4 rings (SSSR count). The first-order valence-corrected chi connectivity index (χ1v) is 10.1. The summed E-state index contributed by atoms with van der Waals surface area (Å²) in [6.07, 6.45) is 5.02. The first kappa shape index (κ1) is 20.7. The molecule has 6 nitrogen and oxygen atoms in total. The van der Waals surface area contributed by atoms with Gasteiger partial charge in [-0.15, -0.1) is 0 Å². The van der Waals surface area contributed by atoms with Crippen LogP contribution in [-0.2, 0) is 28.7 Å². The number of rotatable bonds is 4. The van der Waals surface area contributed by atoms with Crippen LogP contribution in [0.3, 0.4) is 0 Å². The fraction of sp³-hybridized carbons (Fsp3) is 0.727. The van der Waals surface area contributed by atoms with E-state index in [9.17, 15) is 19.2 Å². The highest BCUT2D eigenvalue weighted by atomic mass is 16.6. The molecular formula is C22H30O6. The van der Waals surface area contributed by atoms with Crippen LogP contribution in [0.1, 0.15) is 66.7 Å². The third kappa shape index (κ3) is 3.42. The van der Waals surface area contributed by atoms with Crippen molar-refractivity contribution in [3.05, 3.63) is 12.2 Å². The molecule has 0 aromatic heterocycles. The van der Waals surface area contributed by atoms with Gasteiger partial charge in [0.15, 0.2) is 17.7 Å². The van der Waals surface area contributed by atoms with Crippen LogP contribution in [0.4, 0.5) is 0 Å². The van der Waals surface area contributed by atoms with E-state index in [4.69, 9.17) is 9.47 Å². The minimum absolute atomic E-state index is 0.0340. The van der Waals surface area contributed by atoms with Gasteiger partial charge in [0.05, 0.1) is 0 Å². The lowest BCUT2D eigenvalue weighted by atomic mass is 9.44. The largest absolute Gasteiger partial charge is 0.460 e. The molecule has 4 unspecified atom stereocenters. The summed E-state index contributed by atoms with van der Waals surface area (Å²) >= 11 is 0. The quantitative estimate of drug-likeness (QED) is 0.685. The molecule has 3 fully saturated rings. The maximum Gasteiger partial charge on any atom is 0.306 e. The van der Waals surface area contributed by atoms with Crippen LogP contribution in [0.25, 0.3) is 0 Å². The molecule has 5 atom stereocenters. The van der Waals surface area contributed by atoms with E-state index in [0.29, 0.717) is 19.3 Å². The average molecular weight is 390 g/mol. The number of esters is 2. The second-order valence-corrected chi connectivity index (χ2v) is 9.73. The first-order valence-electron chi connectivity index (χ1n) is 10.1. The summed E-state index contributed by atoms with van der Waals surface area (Å²) in [5, 5.41) is 0. The summed E-state index contributed by atoms with van der Waals surface area (Å²) in [6, 6.07) is 0. The van der Waals surface area contributed by atoms with Crippen molar-refractivity contribution in [3.8, 4) is 0 Å². The molecular weight excluding hydrogens is 360 g/mol. The maximum absolute atomic E-state index is 12.9. The lowest BCUT2D eigenvalue weighted by molar-refractivity contribution is -0.187. The standard InChI is InChI=1S/C22H30O6/c1-13(23)27-19-18(26)14-6-10-22(19)11-7-16(24)21(5,15(22)12-14)9-8-17(25)28-20(2,3)4/h7,11,14-15,19H,6,8-10,12H2,1-5H3/t14?,15?,19?,21-,22?/m0/s1. The molecule has 4 aliphatic rings. The number of ketones is 2. The molecule has 0 amide bonds. The predicted octanol–water partition coefficient (Wildman–Crippen LogP) is 3.17. The van der Waals surface area contributed by atoms with Gasteiger partial charge < -0.3 is 9.47 Å². The third-order valence-electron chi connectivity index (χ3n) is 6.67. The van der Waals surface area contributed by atoms with Crippen molar-refractivity contribution >= 4 is 23.5 Å². The number of fused-ring (bicyclic) bond motifs is 2. The Labute approximate surface area is 166 Å². The smallest absolute Gasteiger partial charge is 0.306 e. The van der Waals surface area contributed by atoms with E-state index in [1.54, 1.807) is 6.08 Å². The molecule has 0 N–H and O–H groups in total. The van der Waals surface area contributed by atoms with Gasteiger partial charge in [0.1, 0.15) is 5.60 Å². The van der Waals surface area contributed by atoms with Crippen molar-refractivity contribution in [1.29, 1.82) is 0 Å². The Kier molecular flexibility index (Phi) is 5.05. The topological polar surface area (TPSA) is 86.7 Å². The second-order valence-electron chi connectivity index (χ2n) is 9.73. The van der Waals surface area contributed by atoms with Crippen molar-refractivity contribution < 1.29 is 28.7 Å². The van der Waals surface area contributed by atoms with E-state index in [0.717, 1.165) is 6.42 Å². The summed E-state index contributed by atoms with van der Waals surface area (Å²) in [4.78, 5) is 49.6. The fourth-order valence-electron chi connectivity index (χ4n) is 5.39. The highest BCUT2D eigenvalue weighted by molar-refractivity contribution is 5.98. The van der Waals surface area contributed by atoms with Gasteiger partial charge in [0.2, 0.25) is 0 Å². The molecule has 2 bridgehead atoms. The summed E-state index contributed by atoms with van der Waals surface area (Å²) in [5.41, 5.74) is -2.02. The molecule has 4 aliphatic carbocycles. The van der Waals surface area contributed by atoms with E-state index in [-0.39, 0.29) is 35.8 Å². The van der Waals surface area contributed by atoms with E-state index in [2.05, 4.69) is 0 Å². The minimum Gasteiger partial charge on any atom is -0.460 e. The predicted molar refractivity (Wildman–Crippen MR) is 101 cm³/mol. The number of hydrogen-bond donors (Lipinski definition) is 0. The number of ether oxygens (including phenoxy) is 2. The van der Waals surface area contributed by atoms with Crippen LogP contribution < -0.4 is 0 Å². The van der Waals surface area contributed by atoms with Crippen LogP contribution in [0, 0.1) is 22.7 Å². The fourth-order valence-corrected chi connectivity index (χ4v) is 5.39. The molecule has 0 aromatic rings. The molecule has 0 aliphatic heterocycles. The van der Waals surface area contributed by atoms with Crippen molar-refractivity contribution in [3.63, 3.8) is 0 Å². The average Bonchev–Trinajstić information content (AvgIpc) is 2.58. The highest BCUT2D eigenvalue weighted by Gasteiger charge is 2.65. The molecule has 6 heteroatoms. The Bertz CT molecular complexity index is 745. The van der Waals surface area contributed by atoms with Gasteiger partial charge in [0.25, 0.3) is 0 Å². The highest BCUT2D eigenvalue weighted by Crippen LogP contribution is 2.62. The number of Topliss-reactive ketones (excluding diaryl/α,β-unsaturated/α-hetero) is 1. The van der Waals surface area contributed by atoms with Gasteiger partial charge >= 0.3 is 11.9 Å². The van der Waals surface area contributed by atoms with Crippen molar-refractivity contribution in [1.82, 2.24) is 0 Å². The van der Waals surface area contributed by atoms with Gasteiger partial charge in [-0.05, 0) is 58.4 Å². The monoisotopic (exact) mass is 390 g/mol. The normalized spacial score (nSPS) is 36.8. The van der Waals surface area contributed by atoms with E-state index in [1.807, 2.05) is 27.7 Å². The molecule has 0 radical (unpaired) electrons. The zero-order valence-corrected chi connectivity index (χ0v) is 17.4. The number of hydrogen-bond acceptors (Lipinski definition) is 6. The van der Waals surface area contributed by atoms with Crippen LogP contribution in [0.2, 0.25) is 0 Å². The Hall–Kier alpha value is -1.98. The van der Waals surface area contributed by atoms with Crippen molar-refractivity contribution in [2.45, 2.75) is 78.4 Å². The zero-order chi connectivity index (χ0) is 20.9. The molecule has 1 spiro atoms. The van der Waals surface area contributed by atoms with Gasteiger partial charge in [-0.1, -0.05) is 13.0 Å². The van der Waals surface area contributed by atoms with E-state index >= 15 is 0 Å². The summed E-state index contributed by atoms with van der Waals surface area (Å²) in [6.45, 7) is 8.62. The third-order valence-corrected chi connectivity index (χ3v) is 6.67. The van der Waals surface area contributed by atoms with Gasteiger partial charge in [-0.3, -0.25) is 19.2 Å².